The molecule has 0 aliphatic carbocycles. The summed E-state index contributed by atoms with van der Waals surface area (Å²) in [7, 11) is 3.30. The number of ether oxygens (including phenoxy) is 3. The van der Waals surface area contributed by atoms with Gasteiger partial charge < -0.3 is 29.0 Å². The fourth-order valence-corrected chi connectivity index (χ4v) is 5.13. The lowest BCUT2D eigenvalue weighted by Gasteiger charge is -2.29. The molecule has 1 N–H and O–H groups in total. The quantitative estimate of drug-likeness (QED) is 0.217. The average molecular weight is 535 g/mol. The molecule has 5 rings (SSSR count). The minimum absolute atomic E-state index is 0.190. The van der Waals surface area contributed by atoms with Crippen molar-refractivity contribution in [2.75, 3.05) is 32.3 Å². The lowest BCUT2D eigenvalue weighted by molar-refractivity contribution is 0.146. The van der Waals surface area contributed by atoms with Crippen molar-refractivity contribution in [2.24, 2.45) is 0 Å². The van der Waals surface area contributed by atoms with Crippen molar-refractivity contribution in [2.45, 2.75) is 12.1 Å². The first-order valence-corrected chi connectivity index (χ1v) is 12.6. The molecule has 0 amide bonds. The van der Waals surface area contributed by atoms with E-state index in [4.69, 9.17) is 38.0 Å². The highest BCUT2D eigenvalue weighted by Crippen LogP contribution is 2.43. The second kappa shape index (κ2) is 11.2. The molecule has 0 unspecified atom stereocenters. The Morgan fingerprint density at radius 1 is 0.973 bits per heavy atom. The predicted molar refractivity (Wildman–Crippen MR) is 149 cm³/mol. The molecule has 9 heteroatoms. The number of hydrogen-bond acceptors (Lipinski definition) is 5. The van der Waals surface area contributed by atoms with Crippen molar-refractivity contribution in [3.05, 3.63) is 102 Å². The van der Waals surface area contributed by atoms with Gasteiger partial charge in [0.2, 0.25) is 0 Å². The zero-order valence-electron chi connectivity index (χ0n) is 20.5. The van der Waals surface area contributed by atoms with Crippen molar-refractivity contribution in [1.82, 2.24) is 14.9 Å². The molecule has 1 aliphatic heterocycles. The van der Waals surface area contributed by atoms with Gasteiger partial charge in [0.25, 0.3) is 0 Å². The van der Waals surface area contributed by atoms with Crippen LogP contribution in [0.4, 0.5) is 5.69 Å². The van der Waals surface area contributed by atoms with Crippen LogP contribution in [-0.4, -0.2) is 42.1 Å². The van der Waals surface area contributed by atoms with E-state index in [1.54, 1.807) is 20.4 Å². The van der Waals surface area contributed by atoms with Crippen molar-refractivity contribution in [3.63, 3.8) is 0 Å². The number of halogens is 1. The Balaban J connectivity index is 1.59. The maximum absolute atomic E-state index is 6.63. The van der Waals surface area contributed by atoms with Crippen LogP contribution in [0.5, 0.6) is 11.5 Å². The van der Waals surface area contributed by atoms with Crippen LogP contribution in [0.3, 0.4) is 0 Å². The van der Waals surface area contributed by atoms with Crippen LogP contribution in [-0.2, 0) is 4.74 Å². The number of benzene rings is 2. The second-order valence-electron chi connectivity index (χ2n) is 8.46. The van der Waals surface area contributed by atoms with E-state index in [1.165, 1.54) is 0 Å². The molecule has 1 aliphatic rings. The van der Waals surface area contributed by atoms with E-state index in [2.05, 4.69) is 31.9 Å². The molecule has 4 aromatic rings. The number of anilines is 1. The van der Waals surface area contributed by atoms with E-state index in [9.17, 15) is 0 Å². The lowest BCUT2D eigenvalue weighted by atomic mass is 10.0. The molecule has 0 saturated carbocycles. The molecule has 1 saturated heterocycles. The molecule has 2 aromatic heterocycles. The summed E-state index contributed by atoms with van der Waals surface area (Å²) in [5, 5.41) is 4.59. The maximum atomic E-state index is 6.63. The van der Waals surface area contributed by atoms with Gasteiger partial charge in [0.15, 0.2) is 5.11 Å². The third-order valence-electron chi connectivity index (χ3n) is 6.25. The van der Waals surface area contributed by atoms with Crippen LogP contribution in [0, 0.1) is 0 Å². The van der Waals surface area contributed by atoms with Crippen molar-refractivity contribution >= 4 is 34.6 Å². The molecule has 2 atom stereocenters. The van der Waals surface area contributed by atoms with Gasteiger partial charge in [0.1, 0.15) is 24.1 Å². The molecular formula is C28H27ClN4O3S. The lowest BCUT2D eigenvalue weighted by Crippen LogP contribution is -2.30. The van der Waals surface area contributed by atoms with E-state index >= 15 is 0 Å². The van der Waals surface area contributed by atoms with Gasteiger partial charge in [-0.2, -0.15) is 0 Å². The minimum Gasteiger partial charge on any atom is -0.497 e. The summed E-state index contributed by atoms with van der Waals surface area (Å²) < 4.78 is 18.5. The number of nitrogens with one attached hydrogen (secondary N) is 1. The molecule has 1 fully saturated rings. The first kappa shape index (κ1) is 25.1. The van der Waals surface area contributed by atoms with E-state index in [0.29, 0.717) is 29.1 Å². The third-order valence-corrected chi connectivity index (χ3v) is 6.86. The summed E-state index contributed by atoms with van der Waals surface area (Å²) in [5.41, 5.74) is 3.76. The SMILES string of the molecule is COCCOc1ccc(N2C(=S)N[C@@H](c3ccccn3)[C@H]2c2cccn2-c2cccc(OC)c2)cc1Cl. The maximum Gasteiger partial charge on any atom is 0.174 e. The molecule has 0 bridgehead atoms. The van der Waals surface area contributed by atoms with Gasteiger partial charge in [0, 0.05) is 42.6 Å². The van der Waals surface area contributed by atoms with Crippen LogP contribution < -0.4 is 19.7 Å². The molecule has 37 heavy (non-hydrogen) atoms. The highest BCUT2D eigenvalue weighted by Gasteiger charge is 2.42. The van der Waals surface area contributed by atoms with Gasteiger partial charge in [-0.25, -0.2) is 0 Å². The number of nitrogens with zero attached hydrogens (tertiary/aromatic N) is 3. The van der Waals surface area contributed by atoms with Gasteiger partial charge in [-0.1, -0.05) is 23.7 Å². The summed E-state index contributed by atoms with van der Waals surface area (Å²) in [6, 6.07) is 23.3. The number of thiocarbonyl (C=S) groups is 1. The summed E-state index contributed by atoms with van der Waals surface area (Å²) in [6.45, 7) is 0.894. The largest absolute Gasteiger partial charge is 0.497 e. The van der Waals surface area contributed by atoms with E-state index in [0.717, 1.165) is 28.5 Å². The Kier molecular flexibility index (Phi) is 7.60. The number of rotatable bonds is 9. The first-order valence-electron chi connectivity index (χ1n) is 11.8. The van der Waals surface area contributed by atoms with Crippen molar-refractivity contribution in [3.8, 4) is 17.2 Å². The van der Waals surface area contributed by atoms with Crippen LogP contribution in [0.2, 0.25) is 5.02 Å². The molecule has 0 spiro atoms. The highest BCUT2D eigenvalue weighted by molar-refractivity contribution is 7.80. The first-order chi connectivity index (χ1) is 18.1. The monoisotopic (exact) mass is 534 g/mol. The average Bonchev–Trinajstić information content (AvgIpc) is 3.54. The zero-order chi connectivity index (χ0) is 25.8. The summed E-state index contributed by atoms with van der Waals surface area (Å²) >= 11 is 12.5. The molecule has 7 nitrogen and oxygen atoms in total. The van der Waals surface area contributed by atoms with Crippen molar-refractivity contribution < 1.29 is 14.2 Å². The standard InChI is InChI=1S/C28H27ClN4O3S/c1-34-15-16-36-25-12-11-20(18-22(25)29)33-27(26(31-28(33)37)23-9-3-4-13-30-23)24-10-6-14-32(24)19-7-5-8-21(17-19)35-2/h3-14,17-18,26-27H,15-16H2,1-2H3,(H,31,37)/t26-,27+/m0/s1. The predicted octanol–water partition coefficient (Wildman–Crippen LogP) is 5.74. The van der Waals surface area contributed by atoms with E-state index < -0.39 is 0 Å². The molecule has 2 aromatic carbocycles. The highest BCUT2D eigenvalue weighted by atomic mass is 35.5. The number of aromatic nitrogens is 2. The Bertz CT molecular complexity index is 1380. The smallest absolute Gasteiger partial charge is 0.174 e. The van der Waals surface area contributed by atoms with Crippen LogP contribution in [0.25, 0.3) is 5.69 Å². The number of methoxy groups -OCH3 is 2. The molecule has 190 valence electrons. The van der Waals surface area contributed by atoms with Crippen LogP contribution >= 0.6 is 23.8 Å². The topological polar surface area (TPSA) is 60.8 Å². The van der Waals surface area contributed by atoms with Crippen LogP contribution in [0.1, 0.15) is 23.5 Å². The number of pyridine rings is 1. The summed E-state index contributed by atoms with van der Waals surface area (Å²) in [6.07, 6.45) is 3.84. The van der Waals surface area contributed by atoms with E-state index in [-0.39, 0.29) is 12.1 Å². The Labute approximate surface area is 226 Å². The molecule has 3 heterocycles. The van der Waals surface area contributed by atoms with Gasteiger partial charge in [-0.05, 0) is 66.8 Å². The minimum atomic E-state index is -0.208. The fourth-order valence-electron chi connectivity index (χ4n) is 4.56. The Hall–Kier alpha value is -3.59. The van der Waals surface area contributed by atoms with E-state index in [1.807, 2.05) is 66.9 Å². The summed E-state index contributed by atoms with van der Waals surface area (Å²) in [5.74, 6) is 1.38. The third kappa shape index (κ3) is 5.13. The second-order valence-corrected chi connectivity index (χ2v) is 9.25. The molecular weight excluding hydrogens is 508 g/mol. The Morgan fingerprint density at radius 3 is 2.62 bits per heavy atom. The Morgan fingerprint density at radius 2 is 1.86 bits per heavy atom. The van der Waals surface area contributed by atoms with Crippen molar-refractivity contribution in [1.29, 1.82) is 0 Å². The van der Waals surface area contributed by atoms with Gasteiger partial charge in [-0.15, -0.1) is 0 Å². The van der Waals surface area contributed by atoms with Gasteiger partial charge in [-0.3, -0.25) is 4.98 Å². The fraction of sp³-hybridized carbons (Fsp3) is 0.214. The van der Waals surface area contributed by atoms with Gasteiger partial charge in [0.05, 0.1) is 30.5 Å². The van der Waals surface area contributed by atoms with Gasteiger partial charge >= 0.3 is 0 Å². The zero-order valence-corrected chi connectivity index (χ0v) is 22.1. The molecule has 0 radical (unpaired) electrons. The van der Waals surface area contributed by atoms with Crippen LogP contribution in [0.15, 0.2) is 85.2 Å². The summed E-state index contributed by atoms with van der Waals surface area (Å²) in [4.78, 5) is 6.74. The number of hydrogen-bond donors (Lipinski definition) is 1. The normalized spacial score (nSPS) is 17.1.